The van der Waals surface area contributed by atoms with Crippen molar-refractivity contribution >= 4 is 60.2 Å². The maximum atomic E-state index is 2.42. The maximum absolute atomic E-state index is 2.42. The molecule has 11 rings (SSSR count). The minimum atomic E-state index is -0.0974. The van der Waals surface area contributed by atoms with Crippen molar-refractivity contribution in [2.75, 3.05) is 4.90 Å². The molecule has 264 valence electrons. The fraction of sp³-hybridized carbons (Fsp3) is 0.0545. The first kappa shape index (κ1) is 32.5. The molecule has 0 bridgehead atoms. The van der Waals surface area contributed by atoms with Crippen LogP contribution in [0.15, 0.2) is 200 Å². The van der Waals surface area contributed by atoms with Crippen LogP contribution in [0.3, 0.4) is 0 Å². The molecule has 1 heteroatoms. The van der Waals surface area contributed by atoms with Gasteiger partial charge >= 0.3 is 0 Å². The Hall–Kier alpha value is -6.96. The van der Waals surface area contributed by atoms with Gasteiger partial charge in [0.1, 0.15) is 0 Å². The zero-order chi connectivity index (χ0) is 37.4. The van der Waals surface area contributed by atoms with E-state index in [4.69, 9.17) is 0 Å². The van der Waals surface area contributed by atoms with Gasteiger partial charge in [0.05, 0.1) is 0 Å². The van der Waals surface area contributed by atoms with Crippen molar-refractivity contribution in [2.45, 2.75) is 19.3 Å². The second-order valence-electron chi connectivity index (χ2n) is 15.7. The van der Waals surface area contributed by atoms with Crippen molar-refractivity contribution in [1.29, 1.82) is 0 Å². The van der Waals surface area contributed by atoms with Gasteiger partial charge in [-0.3, -0.25) is 0 Å². The highest BCUT2D eigenvalue weighted by Gasteiger charge is 2.35. The van der Waals surface area contributed by atoms with E-state index in [1.165, 1.54) is 87.6 Å². The Labute approximate surface area is 327 Å². The number of anilines is 3. The fourth-order valence-electron chi connectivity index (χ4n) is 9.36. The Balaban J connectivity index is 1.02. The normalized spacial score (nSPS) is 13.0. The lowest BCUT2D eigenvalue weighted by Crippen LogP contribution is -2.16. The van der Waals surface area contributed by atoms with Crippen LogP contribution in [0.1, 0.15) is 25.0 Å². The molecule has 1 nitrogen and oxygen atoms in total. The van der Waals surface area contributed by atoms with E-state index in [1.807, 2.05) is 0 Å². The predicted octanol–water partition coefficient (Wildman–Crippen LogP) is 15.4. The summed E-state index contributed by atoms with van der Waals surface area (Å²) in [7, 11) is 0. The molecule has 0 N–H and O–H groups in total. The molecule has 10 aromatic carbocycles. The van der Waals surface area contributed by atoms with Gasteiger partial charge in [-0.15, -0.1) is 0 Å². The summed E-state index contributed by atoms with van der Waals surface area (Å²) in [6.07, 6.45) is 0. The summed E-state index contributed by atoms with van der Waals surface area (Å²) in [6.45, 7) is 4.71. The van der Waals surface area contributed by atoms with Gasteiger partial charge in [-0.1, -0.05) is 166 Å². The van der Waals surface area contributed by atoms with Gasteiger partial charge in [0, 0.05) is 22.5 Å². The van der Waals surface area contributed by atoms with E-state index in [1.54, 1.807) is 0 Å². The van der Waals surface area contributed by atoms with Crippen LogP contribution in [0.2, 0.25) is 0 Å². The van der Waals surface area contributed by atoms with Gasteiger partial charge in [-0.25, -0.2) is 0 Å². The molecular formula is C55H39N. The zero-order valence-corrected chi connectivity index (χ0v) is 31.5. The number of benzene rings is 10. The number of rotatable bonds is 5. The number of nitrogens with zero attached hydrogens (tertiary/aromatic N) is 1. The van der Waals surface area contributed by atoms with E-state index < -0.39 is 0 Å². The first-order chi connectivity index (χ1) is 27.5. The van der Waals surface area contributed by atoms with Crippen LogP contribution < -0.4 is 4.90 Å². The van der Waals surface area contributed by atoms with E-state index in [-0.39, 0.29) is 5.41 Å². The van der Waals surface area contributed by atoms with Crippen molar-refractivity contribution in [2.24, 2.45) is 0 Å². The van der Waals surface area contributed by atoms with Crippen LogP contribution >= 0.6 is 0 Å². The first-order valence-corrected chi connectivity index (χ1v) is 19.6. The average Bonchev–Trinajstić information content (AvgIpc) is 3.49. The summed E-state index contributed by atoms with van der Waals surface area (Å²) in [5.41, 5.74) is 13.6. The first-order valence-electron chi connectivity index (χ1n) is 19.6. The van der Waals surface area contributed by atoms with Crippen LogP contribution in [0.25, 0.3) is 76.5 Å². The molecular weight excluding hydrogens is 675 g/mol. The molecule has 0 atom stereocenters. The highest BCUT2D eigenvalue weighted by atomic mass is 15.1. The summed E-state index contributed by atoms with van der Waals surface area (Å²) >= 11 is 0. The minimum absolute atomic E-state index is 0.0974. The molecule has 0 heterocycles. The summed E-state index contributed by atoms with van der Waals surface area (Å²) in [6, 6.07) is 74.0. The second-order valence-corrected chi connectivity index (χ2v) is 15.7. The number of hydrogen-bond acceptors (Lipinski definition) is 1. The summed E-state index contributed by atoms with van der Waals surface area (Å²) in [4.78, 5) is 2.41. The second kappa shape index (κ2) is 12.5. The molecule has 0 amide bonds. The Kier molecular flexibility index (Phi) is 7.28. The Morgan fingerprint density at radius 3 is 1.59 bits per heavy atom. The van der Waals surface area contributed by atoms with Crippen molar-refractivity contribution in [3.63, 3.8) is 0 Å². The molecule has 1 aliphatic carbocycles. The van der Waals surface area contributed by atoms with Crippen LogP contribution in [0.4, 0.5) is 17.1 Å². The molecule has 56 heavy (non-hydrogen) atoms. The molecule has 0 spiro atoms. The van der Waals surface area contributed by atoms with E-state index >= 15 is 0 Å². The summed E-state index contributed by atoms with van der Waals surface area (Å²) in [5.74, 6) is 0. The summed E-state index contributed by atoms with van der Waals surface area (Å²) in [5, 5.41) is 10.2. The SMILES string of the molecule is CC1(C)c2ccccc2-c2ccc(N(c3ccc(-c4ccc5c(ccc6ccccc65)c4)cc3)c3ccc(-c4cc5ccccc5c5ccccc45)cc3)cc21. The predicted molar refractivity (Wildman–Crippen MR) is 240 cm³/mol. The van der Waals surface area contributed by atoms with Gasteiger partial charge in [-0.05, 0) is 136 Å². The molecule has 0 saturated carbocycles. The van der Waals surface area contributed by atoms with E-state index in [9.17, 15) is 0 Å². The van der Waals surface area contributed by atoms with Crippen LogP contribution in [0.5, 0.6) is 0 Å². The fourth-order valence-corrected chi connectivity index (χ4v) is 9.36. The minimum Gasteiger partial charge on any atom is -0.310 e. The monoisotopic (exact) mass is 713 g/mol. The van der Waals surface area contributed by atoms with Gasteiger partial charge in [0.15, 0.2) is 0 Å². The van der Waals surface area contributed by atoms with Gasteiger partial charge in [0.25, 0.3) is 0 Å². The molecule has 0 aliphatic heterocycles. The van der Waals surface area contributed by atoms with Gasteiger partial charge in [-0.2, -0.15) is 0 Å². The third-order valence-electron chi connectivity index (χ3n) is 12.2. The van der Waals surface area contributed by atoms with Crippen molar-refractivity contribution in [3.8, 4) is 33.4 Å². The molecule has 10 aromatic rings. The maximum Gasteiger partial charge on any atom is 0.0465 e. The van der Waals surface area contributed by atoms with Crippen molar-refractivity contribution in [3.05, 3.63) is 211 Å². The third-order valence-corrected chi connectivity index (χ3v) is 12.2. The molecule has 0 saturated heterocycles. The van der Waals surface area contributed by atoms with E-state index in [0.29, 0.717) is 0 Å². The van der Waals surface area contributed by atoms with Crippen LogP contribution in [0, 0.1) is 0 Å². The van der Waals surface area contributed by atoms with Crippen LogP contribution in [-0.4, -0.2) is 0 Å². The van der Waals surface area contributed by atoms with Crippen molar-refractivity contribution in [1.82, 2.24) is 0 Å². The molecule has 0 unspecified atom stereocenters. The van der Waals surface area contributed by atoms with Crippen LogP contribution in [-0.2, 0) is 5.41 Å². The molecule has 1 aliphatic rings. The lowest BCUT2D eigenvalue weighted by atomic mass is 9.82. The zero-order valence-electron chi connectivity index (χ0n) is 31.5. The quantitative estimate of drug-likeness (QED) is 0.161. The third kappa shape index (κ3) is 5.08. The topological polar surface area (TPSA) is 3.24 Å². The highest BCUT2D eigenvalue weighted by molar-refractivity contribution is 6.14. The molecule has 0 radical (unpaired) electrons. The number of hydrogen-bond donors (Lipinski definition) is 0. The van der Waals surface area contributed by atoms with Gasteiger partial charge < -0.3 is 4.90 Å². The van der Waals surface area contributed by atoms with Crippen molar-refractivity contribution < 1.29 is 0 Å². The van der Waals surface area contributed by atoms with Gasteiger partial charge in [0.2, 0.25) is 0 Å². The average molecular weight is 714 g/mol. The number of fused-ring (bicyclic) bond motifs is 9. The Morgan fingerprint density at radius 2 is 0.821 bits per heavy atom. The lowest BCUT2D eigenvalue weighted by Gasteiger charge is -2.28. The summed E-state index contributed by atoms with van der Waals surface area (Å²) < 4.78 is 0. The Bertz CT molecular complexity index is 3150. The van der Waals surface area contributed by atoms with E-state index in [0.717, 1.165) is 17.1 Å². The highest BCUT2D eigenvalue weighted by Crippen LogP contribution is 2.51. The lowest BCUT2D eigenvalue weighted by molar-refractivity contribution is 0.660. The largest absolute Gasteiger partial charge is 0.310 e. The van der Waals surface area contributed by atoms with E-state index in [2.05, 4.69) is 219 Å². The Morgan fingerprint density at radius 1 is 0.304 bits per heavy atom. The standard InChI is InChI=1S/C55H39N/c1-55(2)53-18-10-9-17-50(53)51-32-30-44(35-54(51)55)56(42-26-21-36(22-27-42)39-25-31-47-41(33-39)20-19-37-11-3-5-13-45(37)47)43-28-23-38(24-29-43)52-34-40-12-4-6-14-46(40)48-15-7-8-16-49(48)52/h3-35H,1-2H3. The molecule has 0 fully saturated rings. The molecule has 0 aromatic heterocycles. The smallest absolute Gasteiger partial charge is 0.0465 e.